The van der Waals surface area contributed by atoms with Gasteiger partial charge in [0.15, 0.2) is 0 Å². The van der Waals surface area contributed by atoms with Crippen molar-refractivity contribution in [3.05, 3.63) is 34.2 Å². The maximum Gasteiger partial charge on any atom is 0.248 e. The maximum atomic E-state index is 11.0. The predicted octanol–water partition coefficient (Wildman–Crippen LogP) is -0.438. The molecule has 5 heteroatoms. The molecule has 0 aliphatic carbocycles. The minimum Gasteiger partial charge on any atom is -0.369 e. The topological polar surface area (TPSA) is 71.2 Å². The first kappa shape index (κ1) is 8.96. The number of hydrogen-bond donors (Lipinski definition) is 2. The zero-order valence-corrected chi connectivity index (χ0v) is 7.45. The van der Waals surface area contributed by atoms with Gasteiger partial charge in [0.05, 0.1) is 12.6 Å². The Morgan fingerprint density at radius 3 is 2.93 bits per heavy atom. The molecule has 1 atom stereocenters. The number of ether oxygens (including phenoxy) is 1. The van der Waals surface area contributed by atoms with Gasteiger partial charge < -0.3 is 15.0 Å². The maximum absolute atomic E-state index is 11.0. The van der Waals surface area contributed by atoms with Gasteiger partial charge in [-0.25, -0.2) is 0 Å². The average Bonchev–Trinajstić information content (AvgIpc) is 2.18. The van der Waals surface area contributed by atoms with Crippen molar-refractivity contribution in [1.29, 1.82) is 0 Å². The first-order chi connectivity index (χ1) is 6.75. The lowest BCUT2D eigenvalue weighted by Gasteiger charge is -2.23. The van der Waals surface area contributed by atoms with Crippen LogP contribution in [-0.4, -0.2) is 24.1 Å². The Labute approximate surface area is 80.1 Å². The van der Waals surface area contributed by atoms with E-state index in [-0.39, 0.29) is 24.1 Å². The molecular weight excluding hydrogens is 184 g/mol. The van der Waals surface area contributed by atoms with Crippen molar-refractivity contribution < 1.29 is 9.53 Å². The lowest BCUT2D eigenvalue weighted by Crippen LogP contribution is -2.40. The molecule has 0 aromatic carbocycles. The van der Waals surface area contributed by atoms with E-state index in [1.165, 1.54) is 6.07 Å². The van der Waals surface area contributed by atoms with Gasteiger partial charge >= 0.3 is 0 Å². The minimum absolute atomic E-state index is 0.0908. The molecule has 1 aromatic rings. The molecule has 2 heterocycles. The van der Waals surface area contributed by atoms with Crippen LogP contribution in [0, 0.1) is 0 Å². The summed E-state index contributed by atoms with van der Waals surface area (Å²) in [7, 11) is 0. The highest BCUT2D eigenvalue weighted by Crippen LogP contribution is 2.11. The third-order valence-corrected chi connectivity index (χ3v) is 2.02. The number of hydrogen-bond acceptors (Lipinski definition) is 3. The third-order valence-electron chi connectivity index (χ3n) is 2.02. The summed E-state index contributed by atoms with van der Waals surface area (Å²) in [6.07, 6.45) is 0. The summed E-state index contributed by atoms with van der Waals surface area (Å²) in [5, 5.41) is 2.73. The molecular formula is C9H10N2O3. The average molecular weight is 194 g/mol. The van der Waals surface area contributed by atoms with Gasteiger partial charge in [-0.15, -0.1) is 0 Å². The van der Waals surface area contributed by atoms with E-state index in [1.807, 2.05) is 0 Å². The van der Waals surface area contributed by atoms with E-state index >= 15 is 0 Å². The molecule has 0 bridgehead atoms. The highest BCUT2D eigenvalue weighted by molar-refractivity contribution is 5.78. The second kappa shape index (κ2) is 3.63. The van der Waals surface area contributed by atoms with Crippen LogP contribution >= 0.6 is 0 Å². The van der Waals surface area contributed by atoms with Crippen molar-refractivity contribution in [2.75, 3.05) is 13.2 Å². The van der Waals surface area contributed by atoms with Crippen molar-refractivity contribution in [2.45, 2.75) is 6.04 Å². The number of aromatic nitrogens is 1. The predicted molar refractivity (Wildman–Crippen MR) is 48.8 cm³/mol. The summed E-state index contributed by atoms with van der Waals surface area (Å²) < 4.78 is 5.05. The second-order valence-electron chi connectivity index (χ2n) is 3.11. The molecule has 1 unspecified atom stereocenters. The lowest BCUT2D eigenvalue weighted by atomic mass is 10.2. The molecule has 1 amide bonds. The van der Waals surface area contributed by atoms with Crippen molar-refractivity contribution in [3.8, 4) is 0 Å². The highest BCUT2D eigenvalue weighted by atomic mass is 16.5. The number of nitrogens with one attached hydrogen (secondary N) is 2. The van der Waals surface area contributed by atoms with Gasteiger partial charge in [0, 0.05) is 11.8 Å². The van der Waals surface area contributed by atoms with Crippen LogP contribution in [0.3, 0.4) is 0 Å². The number of rotatable bonds is 1. The lowest BCUT2D eigenvalue weighted by molar-refractivity contribution is -0.131. The van der Waals surface area contributed by atoms with Crippen LogP contribution < -0.4 is 10.9 Å². The minimum atomic E-state index is -0.245. The fourth-order valence-corrected chi connectivity index (χ4v) is 1.38. The zero-order chi connectivity index (χ0) is 9.97. The van der Waals surface area contributed by atoms with Crippen LogP contribution in [0.4, 0.5) is 0 Å². The molecule has 0 spiro atoms. The molecule has 74 valence electrons. The molecule has 5 nitrogen and oxygen atoms in total. The van der Waals surface area contributed by atoms with Crippen LogP contribution in [0.25, 0.3) is 0 Å². The van der Waals surface area contributed by atoms with Gasteiger partial charge in [0.2, 0.25) is 11.5 Å². The van der Waals surface area contributed by atoms with E-state index in [0.29, 0.717) is 12.3 Å². The smallest absolute Gasteiger partial charge is 0.248 e. The molecule has 2 rings (SSSR count). The molecule has 1 saturated heterocycles. The third kappa shape index (κ3) is 1.82. The van der Waals surface area contributed by atoms with E-state index in [0.717, 1.165) is 0 Å². The van der Waals surface area contributed by atoms with Gasteiger partial charge in [-0.1, -0.05) is 6.07 Å². The number of H-pyrrole nitrogens is 1. The molecule has 0 radical (unpaired) electrons. The van der Waals surface area contributed by atoms with Crippen molar-refractivity contribution in [1.82, 2.24) is 10.3 Å². The van der Waals surface area contributed by atoms with Crippen LogP contribution in [0.15, 0.2) is 23.0 Å². The van der Waals surface area contributed by atoms with Crippen molar-refractivity contribution >= 4 is 5.91 Å². The largest absolute Gasteiger partial charge is 0.369 e. The summed E-state index contributed by atoms with van der Waals surface area (Å²) in [4.78, 5) is 24.7. The van der Waals surface area contributed by atoms with Crippen LogP contribution in [0.2, 0.25) is 0 Å². The fourth-order valence-electron chi connectivity index (χ4n) is 1.38. The van der Waals surface area contributed by atoms with Gasteiger partial charge in [0.1, 0.15) is 6.61 Å². The van der Waals surface area contributed by atoms with E-state index in [2.05, 4.69) is 10.3 Å². The number of aromatic amines is 1. The molecule has 14 heavy (non-hydrogen) atoms. The van der Waals surface area contributed by atoms with E-state index < -0.39 is 0 Å². The Morgan fingerprint density at radius 1 is 1.36 bits per heavy atom. The number of amides is 1. The number of pyridine rings is 1. The summed E-state index contributed by atoms with van der Waals surface area (Å²) in [6, 6.07) is 4.58. The quantitative estimate of drug-likeness (QED) is 0.636. The Balaban J connectivity index is 2.22. The molecule has 1 aliphatic rings. The van der Waals surface area contributed by atoms with E-state index in [4.69, 9.17) is 4.74 Å². The van der Waals surface area contributed by atoms with Crippen LogP contribution in [-0.2, 0) is 9.53 Å². The van der Waals surface area contributed by atoms with E-state index in [9.17, 15) is 9.59 Å². The van der Waals surface area contributed by atoms with E-state index in [1.54, 1.807) is 12.1 Å². The summed E-state index contributed by atoms with van der Waals surface area (Å²) in [6.45, 7) is 0.485. The van der Waals surface area contributed by atoms with Gasteiger partial charge in [0.25, 0.3) is 0 Å². The number of carbonyl (C=O) groups is 1. The Kier molecular flexibility index (Phi) is 2.32. The second-order valence-corrected chi connectivity index (χ2v) is 3.11. The summed E-state index contributed by atoms with van der Waals surface area (Å²) >= 11 is 0. The summed E-state index contributed by atoms with van der Waals surface area (Å²) in [5.41, 5.74) is 0.493. The highest BCUT2D eigenvalue weighted by Gasteiger charge is 2.20. The first-order valence-electron chi connectivity index (χ1n) is 4.32. The standard InChI is InChI=1S/C9H10N2O3/c12-8-3-1-2-6(10-8)7-4-14-5-9(13)11-7/h1-3,7H,4-5H2,(H,10,12)(H,11,13). The van der Waals surface area contributed by atoms with Crippen molar-refractivity contribution in [2.24, 2.45) is 0 Å². The van der Waals surface area contributed by atoms with Crippen molar-refractivity contribution in [3.63, 3.8) is 0 Å². The number of morpholine rings is 1. The monoisotopic (exact) mass is 194 g/mol. The molecule has 0 saturated carbocycles. The number of carbonyl (C=O) groups excluding carboxylic acids is 1. The molecule has 1 fully saturated rings. The SMILES string of the molecule is O=C1COCC(c2cccc(=O)[nH]2)N1. The summed E-state index contributed by atoms with van der Waals surface area (Å²) in [5.74, 6) is -0.161. The normalized spacial score (nSPS) is 21.7. The Hall–Kier alpha value is -1.62. The van der Waals surface area contributed by atoms with Crippen LogP contribution in [0.1, 0.15) is 11.7 Å². The zero-order valence-electron chi connectivity index (χ0n) is 7.45. The fraction of sp³-hybridized carbons (Fsp3) is 0.333. The van der Waals surface area contributed by atoms with Crippen LogP contribution in [0.5, 0.6) is 0 Å². The van der Waals surface area contributed by atoms with Gasteiger partial charge in [-0.05, 0) is 6.07 Å². The Bertz CT molecular complexity index is 399. The van der Waals surface area contributed by atoms with Gasteiger partial charge in [-0.2, -0.15) is 0 Å². The molecule has 1 aromatic heterocycles. The molecule has 1 aliphatic heterocycles. The van der Waals surface area contributed by atoms with Gasteiger partial charge in [-0.3, -0.25) is 9.59 Å². The molecule has 2 N–H and O–H groups in total. The first-order valence-corrected chi connectivity index (χ1v) is 4.32. The Morgan fingerprint density at radius 2 is 2.21 bits per heavy atom.